The molecule has 15 heavy (non-hydrogen) atoms. The average Bonchev–Trinajstić information content (AvgIpc) is 2.70. The van der Waals surface area contributed by atoms with Gasteiger partial charge in [0.25, 0.3) is 0 Å². The van der Waals surface area contributed by atoms with Crippen LogP contribution in [0.5, 0.6) is 0 Å². The first kappa shape index (κ1) is 12.8. The van der Waals surface area contributed by atoms with Crippen LogP contribution in [0.2, 0.25) is 0 Å². The fourth-order valence-electron chi connectivity index (χ4n) is 2.09. The third kappa shape index (κ3) is 4.89. The van der Waals surface area contributed by atoms with E-state index in [1.165, 1.54) is 25.7 Å². The molecule has 0 spiro atoms. The van der Waals surface area contributed by atoms with Crippen LogP contribution in [0.3, 0.4) is 0 Å². The van der Waals surface area contributed by atoms with Gasteiger partial charge in [-0.2, -0.15) is 12.6 Å². The van der Waals surface area contributed by atoms with Crippen molar-refractivity contribution in [2.24, 2.45) is 0 Å². The molecule has 0 aromatic rings. The second-order valence-electron chi connectivity index (χ2n) is 4.24. The molecule has 0 heterocycles. The highest BCUT2D eigenvalue weighted by Gasteiger charge is 2.18. The van der Waals surface area contributed by atoms with Gasteiger partial charge in [0.05, 0.1) is 0 Å². The molecule has 1 aliphatic carbocycles. The molecule has 3 nitrogen and oxygen atoms in total. The summed E-state index contributed by atoms with van der Waals surface area (Å²) in [4.78, 5) is 13.5. The zero-order valence-corrected chi connectivity index (χ0v) is 10.4. The van der Waals surface area contributed by atoms with Crippen molar-refractivity contribution in [1.82, 2.24) is 10.2 Å². The standard InChI is InChI=1S/C11H22N2OS/c1-13(10-4-2-3-5-10)8-7-12-11(14)6-9-15/h10,15H,2-9H2,1H3,(H,12,14). The molecule has 4 heteroatoms. The first-order valence-electron chi connectivity index (χ1n) is 5.82. The fourth-order valence-corrected chi connectivity index (χ4v) is 2.29. The summed E-state index contributed by atoms with van der Waals surface area (Å²) >= 11 is 4.02. The number of hydrogen-bond acceptors (Lipinski definition) is 3. The van der Waals surface area contributed by atoms with Gasteiger partial charge >= 0.3 is 0 Å². The number of thiol groups is 1. The SMILES string of the molecule is CN(CCNC(=O)CCS)C1CCCC1. The predicted molar refractivity (Wildman–Crippen MR) is 66.4 cm³/mol. The Kier molecular flexibility index (Phi) is 6.10. The molecule has 0 radical (unpaired) electrons. The van der Waals surface area contributed by atoms with Crippen LogP contribution in [-0.4, -0.2) is 42.7 Å². The highest BCUT2D eigenvalue weighted by atomic mass is 32.1. The van der Waals surface area contributed by atoms with E-state index in [9.17, 15) is 4.79 Å². The Morgan fingerprint density at radius 3 is 2.73 bits per heavy atom. The Bertz CT molecular complexity index is 193. The Labute approximate surface area is 98.0 Å². The lowest BCUT2D eigenvalue weighted by atomic mass is 10.2. The fraction of sp³-hybridized carbons (Fsp3) is 0.909. The first-order chi connectivity index (χ1) is 7.24. The number of carbonyl (C=O) groups is 1. The maximum absolute atomic E-state index is 11.2. The van der Waals surface area contributed by atoms with E-state index >= 15 is 0 Å². The van der Waals surface area contributed by atoms with Gasteiger partial charge < -0.3 is 10.2 Å². The molecule has 1 rings (SSSR count). The van der Waals surface area contributed by atoms with Gasteiger partial charge in [0.1, 0.15) is 0 Å². The van der Waals surface area contributed by atoms with Gasteiger partial charge in [-0.25, -0.2) is 0 Å². The van der Waals surface area contributed by atoms with Gasteiger partial charge in [-0.1, -0.05) is 12.8 Å². The van der Waals surface area contributed by atoms with E-state index in [0.29, 0.717) is 12.2 Å². The molecular formula is C11H22N2OS. The molecule has 0 bridgehead atoms. The summed E-state index contributed by atoms with van der Waals surface area (Å²) in [5.41, 5.74) is 0. The van der Waals surface area contributed by atoms with Crippen LogP contribution in [-0.2, 0) is 4.79 Å². The van der Waals surface area contributed by atoms with E-state index in [2.05, 4.69) is 29.9 Å². The average molecular weight is 230 g/mol. The molecule has 1 N–H and O–H groups in total. The molecule has 88 valence electrons. The Morgan fingerprint density at radius 1 is 1.47 bits per heavy atom. The summed E-state index contributed by atoms with van der Waals surface area (Å²) < 4.78 is 0. The van der Waals surface area contributed by atoms with Crippen LogP contribution in [0.1, 0.15) is 32.1 Å². The Balaban J connectivity index is 2.05. The monoisotopic (exact) mass is 230 g/mol. The van der Waals surface area contributed by atoms with Crippen molar-refractivity contribution in [2.45, 2.75) is 38.1 Å². The van der Waals surface area contributed by atoms with Gasteiger partial charge in [-0.3, -0.25) is 4.79 Å². The first-order valence-corrected chi connectivity index (χ1v) is 6.45. The smallest absolute Gasteiger partial charge is 0.220 e. The van der Waals surface area contributed by atoms with Gasteiger partial charge in [0.15, 0.2) is 0 Å². The second-order valence-corrected chi connectivity index (χ2v) is 4.69. The predicted octanol–water partition coefficient (Wildman–Crippen LogP) is 1.30. The zero-order valence-electron chi connectivity index (χ0n) is 9.54. The van der Waals surface area contributed by atoms with Crippen LogP contribution in [0.25, 0.3) is 0 Å². The molecule has 1 saturated carbocycles. The molecule has 0 aromatic carbocycles. The summed E-state index contributed by atoms with van der Waals surface area (Å²) in [7, 11) is 2.15. The van der Waals surface area contributed by atoms with Gasteiger partial charge in [0, 0.05) is 25.6 Å². The lowest BCUT2D eigenvalue weighted by Gasteiger charge is -2.23. The van der Waals surface area contributed by atoms with Gasteiger partial charge in [-0.05, 0) is 25.6 Å². The van der Waals surface area contributed by atoms with Gasteiger partial charge in [-0.15, -0.1) is 0 Å². The highest BCUT2D eigenvalue weighted by molar-refractivity contribution is 7.80. The van der Waals surface area contributed by atoms with Crippen LogP contribution in [0.15, 0.2) is 0 Å². The van der Waals surface area contributed by atoms with Crippen molar-refractivity contribution >= 4 is 18.5 Å². The third-order valence-electron chi connectivity index (χ3n) is 3.07. The summed E-state index contributed by atoms with van der Waals surface area (Å²) in [6.45, 7) is 1.72. The molecule has 1 amide bonds. The van der Waals surface area contributed by atoms with Crippen LogP contribution >= 0.6 is 12.6 Å². The van der Waals surface area contributed by atoms with Crippen molar-refractivity contribution in [3.05, 3.63) is 0 Å². The quantitative estimate of drug-likeness (QED) is 0.674. The minimum Gasteiger partial charge on any atom is -0.355 e. The minimum absolute atomic E-state index is 0.116. The van der Waals surface area contributed by atoms with E-state index in [4.69, 9.17) is 0 Å². The summed E-state index contributed by atoms with van der Waals surface area (Å²) in [6.07, 6.45) is 5.89. The van der Waals surface area contributed by atoms with Crippen LogP contribution in [0.4, 0.5) is 0 Å². The largest absolute Gasteiger partial charge is 0.355 e. The normalized spacial score (nSPS) is 17.3. The van der Waals surface area contributed by atoms with Crippen LogP contribution < -0.4 is 5.32 Å². The molecule has 0 aliphatic heterocycles. The van der Waals surface area contributed by atoms with E-state index < -0.39 is 0 Å². The van der Waals surface area contributed by atoms with Crippen LogP contribution in [0, 0.1) is 0 Å². The van der Waals surface area contributed by atoms with E-state index in [1.54, 1.807) is 0 Å². The molecule has 0 unspecified atom stereocenters. The summed E-state index contributed by atoms with van der Waals surface area (Å²) in [5, 5.41) is 2.91. The molecule has 0 saturated heterocycles. The van der Waals surface area contributed by atoms with Crippen molar-refractivity contribution in [3.8, 4) is 0 Å². The number of carbonyl (C=O) groups excluding carboxylic acids is 1. The van der Waals surface area contributed by atoms with Gasteiger partial charge in [0.2, 0.25) is 5.91 Å². The maximum atomic E-state index is 11.2. The number of hydrogen-bond donors (Lipinski definition) is 2. The Hall–Kier alpha value is -0.220. The number of likely N-dealkylation sites (N-methyl/N-ethyl adjacent to an activating group) is 1. The van der Waals surface area contributed by atoms with Crippen molar-refractivity contribution < 1.29 is 4.79 Å². The van der Waals surface area contributed by atoms with Crippen molar-refractivity contribution in [2.75, 3.05) is 25.9 Å². The summed E-state index contributed by atoms with van der Waals surface area (Å²) in [6, 6.07) is 0.742. The van der Waals surface area contributed by atoms with Crippen molar-refractivity contribution in [3.63, 3.8) is 0 Å². The number of rotatable bonds is 6. The molecule has 0 atom stereocenters. The summed E-state index contributed by atoms with van der Waals surface area (Å²) in [5.74, 6) is 0.745. The molecule has 1 aliphatic rings. The zero-order chi connectivity index (χ0) is 11.1. The number of nitrogens with one attached hydrogen (secondary N) is 1. The highest BCUT2D eigenvalue weighted by Crippen LogP contribution is 2.21. The van der Waals surface area contributed by atoms with E-state index in [1.807, 2.05) is 0 Å². The van der Waals surface area contributed by atoms with Crippen molar-refractivity contribution in [1.29, 1.82) is 0 Å². The molecule has 1 fully saturated rings. The van der Waals surface area contributed by atoms with E-state index in [-0.39, 0.29) is 5.91 Å². The molecular weight excluding hydrogens is 208 g/mol. The topological polar surface area (TPSA) is 32.3 Å². The lowest BCUT2D eigenvalue weighted by molar-refractivity contribution is -0.120. The lowest BCUT2D eigenvalue weighted by Crippen LogP contribution is -2.37. The maximum Gasteiger partial charge on any atom is 0.220 e. The number of nitrogens with zero attached hydrogens (tertiary/aromatic N) is 1. The van der Waals surface area contributed by atoms with E-state index in [0.717, 1.165) is 19.1 Å². The minimum atomic E-state index is 0.116. The third-order valence-corrected chi connectivity index (χ3v) is 3.30. The Morgan fingerprint density at radius 2 is 2.13 bits per heavy atom. The number of amides is 1. The second kappa shape index (κ2) is 7.12. The molecule has 0 aromatic heterocycles.